The summed E-state index contributed by atoms with van der Waals surface area (Å²) in [5.74, 6) is 0.731. The molecule has 0 saturated heterocycles. The van der Waals surface area contributed by atoms with Crippen molar-refractivity contribution in [3.05, 3.63) is 47.5 Å². The topological polar surface area (TPSA) is 112 Å². The van der Waals surface area contributed by atoms with Gasteiger partial charge in [-0.25, -0.2) is 0 Å². The van der Waals surface area contributed by atoms with Crippen molar-refractivity contribution in [2.75, 3.05) is 106 Å². The highest BCUT2D eigenvalue weighted by Crippen LogP contribution is 2.39. The Bertz CT molecular complexity index is 917. The number of ether oxygens (including phenoxy) is 9. The minimum absolute atomic E-state index is 0.229. The van der Waals surface area contributed by atoms with E-state index in [0.29, 0.717) is 88.0 Å². The average molecular weight is 566 g/mol. The lowest BCUT2D eigenvalue weighted by Crippen LogP contribution is -2.16. The van der Waals surface area contributed by atoms with E-state index in [-0.39, 0.29) is 25.7 Å². The molecule has 0 saturated carbocycles. The largest absolute Gasteiger partial charge is 0.487 e. The highest BCUT2D eigenvalue weighted by molar-refractivity contribution is 6.05. The Morgan fingerprint density at radius 3 is 1.48 bits per heavy atom. The number of nitrogens with one attached hydrogen (secondary N) is 1. The number of methoxy groups -OCH3 is 3. The third-order valence-electron chi connectivity index (χ3n) is 5.33. The SMILES string of the molecule is COCCOCCOc1cc(C(=O)Nc2ccc(C)cc2)cc(OCCOCCOC)c1OCCOCCOC. The predicted octanol–water partition coefficient (Wildman–Crippen LogP) is 3.37. The van der Waals surface area contributed by atoms with E-state index >= 15 is 0 Å². The first kappa shape index (κ1) is 33.3. The lowest BCUT2D eigenvalue weighted by Gasteiger charge is -2.19. The van der Waals surface area contributed by atoms with Gasteiger partial charge in [-0.3, -0.25) is 4.79 Å². The molecule has 2 aromatic rings. The molecule has 0 unspecified atom stereocenters. The summed E-state index contributed by atoms with van der Waals surface area (Å²) < 4.78 is 49.6. The summed E-state index contributed by atoms with van der Waals surface area (Å²) in [6, 6.07) is 10.8. The van der Waals surface area contributed by atoms with Crippen molar-refractivity contribution in [1.29, 1.82) is 0 Å². The van der Waals surface area contributed by atoms with Crippen molar-refractivity contribution in [2.24, 2.45) is 0 Å². The third kappa shape index (κ3) is 13.4. The Morgan fingerprint density at radius 2 is 1.02 bits per heavy atom. The summed E-state index contributed by atoms with van der Waals surface area (Å²) in [4.78, 5) is 13.2. The van der Waals surface area contributed by atoms with Gasteiger partial charge in [0.1, 0.15) is 19.8 Å². The van der Waals surface area contributed by atoms with Crippen LogP contribution in [0.15, 0.2) is 36.4 Å². The van der Waals surface area contributed by atoms with E-state index in [9.17, 15) is 4.79 Å². The Balaban J connectivity index is 2.23. The number of aryl methyl sites for hydroxylation is 1. The molecule has 2 aromatic carbocycles. The van der Waals surface area contributed by atoms with Crippen LogP contribution in [-0.2, 0) is 28.4 Å². The molecule has 1 N–H and O–H groups in total. The molecule has 0 bridgehead atoms. The zero-order chi connectivity index (χ0) is 28.8. The Kier molecular flexibility index (Phi) is 17.4. The minimum Gasteiger partial charge on any atom is -0.487 e. The summed E-state index contributed by atoms with van der Waals surface area (Å²) in [6.07, 6.45) is 0. The minimum atomic E-state index is -0.319. The van der Waals surface area contributed by atoms with Gasteiger partial charge in [-0.05, 0) is 31.2 Å². The van der Waals surface area contributed by atoms with Gasteiger partial charge in [0.25, 0.3) is 5.91 Å². The molecule has 40 heavy (non-hydrogen) atoms. The van der Waals surface area contributed by atoms with E-state index in [1.165, 1.54) is 0 Å². The number of benzene rings is 2. The van der Waals surface area contributed by atoms with Crippen molar-refractivity contribution in [1.82, 2.24) is 0 Å². The van der Waals surface area contributed by atoms with Crippen LogP contribution in [-0.4, -0.2) is 107 Å². The second-order valence-electron chi connectivity index (χ2n) is 8.48. The Labute approximate surface area is 236 Å². The number of hydrogen-bond donors (Lipinski definition) is 1. The van der Waals surface area contributed by atoms with Crippen LogP contribution < -0.4 is 19.5 Å². The fourth-order valence-corrected chi connectivity index (χ4v) is 3.26. The maximum absolute atomic E-state index is 13.2. The summed E-state index contributed by atoms with van der Waals surface area (Å²) in [6.45, 7) is 6.45. The van der Waals surface area contributed by atoms with Crippen LogP contribution >= 0.6 is 0 Å². The number of amides is 1. The molecule has 224 valence electrons. The smallest absolute Gasteiger partial charge is 0.255 e. The number of anilines is 1. The predicted molar refractivity (Wildman–Crippen MR) is 150 cm³/mol. The quantitative estimate of drug-likeness (QED) is 0.201. The fraction of sp³-hybridized carbons (Fsp3) is 0.552. The normalized spacial score (nSPS) is 10.9. The van der Waals surface area contributed by atoms with E-state index in [4.69, 9.17) is 42.6 Å². The molecular formula is C29H43NO10. The first-order chi connectivity index (χ1) is 19.6. The summed E-state index contributed by atoms with van der Waals surface area (Å²) in [5.41, 5.74) is 2.11. The molecule has 0 aliphatic rings. The maximum Gasteiger partial charge on any atom is 0.255 e. The third-order valence-corrected chi connectivity index (χ3v) is 5.33. The van der Waals surface area contributed by atoms with Gasteiger partial charge in [-0.15, -0.1) is 0 Å². The average Bonchev–Trinajstić information content (AvgIpc) is 2.96. The molecule has 11 nitrogen and oxygen atoms in total. The second-order valence-corrected chi connectivity index (χ2v) is 8.48. The Hall–Kier alpha value is -2.93. The molecule has 0 heterocycles. The molecular weight excluding hydrogens is 522 g/mol. The van der Waals surface area contributed by atoms with Crippen molar-refractivity contribution >= 4 is 11.6 Å². The lowest BCUT2D eigenvalue weighted by atomic mass is 10.1. The fourth-order valence-electron chi connectivity index (χ4n) is 3.26. The van der Waals surface area contributed by atoms with Crippen LogP contribution in [0.4, 0.5) is 5.69 Å². The lowest BCUT2D eigenvalue weighted by molar-refractivity contribution is 0.0468. The molecule has 1 amide bonds. The number of rotatable bonds is 23. The highest BCUT2D eigenvalue weighted by Gasteiger charge is 2.19. The first-order valence-electron chi connectivity index (χ1n) is 13.2. The molecule has 2 rings (SSSR count). The Morgan fingerprint density at radius 1 is 0.600 bits per heavy atom. The first-order valence-corrected chi connectivity index (χ1v) is 13.2. The number of hydrogen-bond acceptors (Lipinski definition) is 10. The van der Waals surface area contributed by atoms with E-state index in [2.05, 4.69) is 5.32 Å². The van der Waals surface area contributed by atoms with Gasteiger partial charge in [-0.2, -0.15) is 0 Å². The number of carbonyl (C=O) groups excluding carboxylic acids is 1. The molecule has 0 aliphatic heterocycles. The molecule has 0 spiro atoms. The van der Waals surface area contributed by atoms with E-state index in [1.54, 1.807) is 33.5 Å². The number of carbonyl (C=O) groups is 1. The van der Waals surface area contributed by atoms with Gasteiger partial charge in [0.15, 0.2) is 11.5 Å². The van der Waals surface area contributed by atoms with Gasteiger partial charge in [0, 0.05) is 32.6 Å². The van der Waals surface area contributed by atoms with Crippen LogP contribution in [0.5, 0.6) is 17.2 Å². The highest BCUT2D eigenvalue weighted by atomic mass is 16.6. The molecule has 0 aromatic heterocycles. The van der Waals surface area contributed by atoms with Gasteiger partial charge in [0.2, 0.25) is 5.75 Å². The summed E-state index contributed by atoms with van der Waals surface area (Å²) in [7, 11) is 4.83. The molecule has 0 fully saturated rings. The van der Waals surface area contributed by atoms with Crippen molar-refractivity contribution < 1.29 is 47.4 Å². The summed E-state index contributed by atoms with van der Waals surface area (Å²) >= 11 is 0. The zero-order valence-corrected chi connectivity index (χ0v) is 24.0. The molecule has 0 radical (unpaired) electrons. The van der Waals surface area contributed by atoms with Gasteiger partial charge < -0.3 is 47.9 Å². The molecule has 0 atom stereocenters. The van der Waals surface area contributed by atoms with E-state index < -0.39 is 0 Å². The van der Waals surface area contributed by atoms with E-state index in [1.807, 2.05) is 31.2 Å². The van der Waals surface area contributed by atoms with Gasteiger partial charge >= 0.3 is 0 Å². The van der Waals surface area contributed by atoms with Crippen LogP contribution in [0.2, 0.25) is 0 Å². The van der Waals surface area contributed by atoms with E-state index in [0.717, 1.165) is 5.56 Å². The van der Waals surface area contributed by atoms with Crippen molar-refractivity contribution in [3.63, 3.8) is 0 Å². The van der Waals surface area contributed by atoms with Gasteiger partial charge in [-0.1, -0.05) is 17.7 Å². The van der Waals surface area contributed by atoms with Crippen molar-refractivity contribution in [3.8, 4) is 17.2 Å². The van der Waals surface area contributed by atoms with Gasteiger partial charge in [0.05, 0.1) is 59.5 Å². The maximum atomic E-state index is 13.2. The standard InChI is InChI=1S/C29H43NO10/c1-23-5-7-25(8-6-23)30-29(31)24-21-26(38-18-15-35-12-9-32-2)28(40-20-17-37-14-11-34-4)27(22-24)39-19-16-36-13-10-33-3/h5-8,21-22H,9-20H2,1-4H3,(H,30,31). The zero-order valence-electron chi connectivity index (χ0n) is 24.0. The van der Waals surface area contributed by atoms with Crippen LogP contribution in [0.3, 0.4) is 0 Å². The van der Waals surface area contributed by atoms with Crippen LogP contribution in [0, 0.1) is 6.92 Å². The molecule has 0 aliphatic carbocycles. The van der Waals surface area contributed by atoms with Crippen molar-refractivity contribution in [2.45, 2.75) is 6.92 Å². The van der Waals surface area contributed by atoms with Crippen LogP contribution in [0.25, 0.3) is 0 Å². The van der Waals surface area contributed by atoms with Crippen LogP contribution in [0.1, 0.15) is 15.9 Å². The monoisotopic (exact) mass is 565 g/mol. The summed E-state index contributed by atoms with van der Waals surface area (Å²) in [5, 5.41) is 2.91. The second kappa shape index (κ2) is 20.9. The molecule has 11 heteroatoms.